The standard InChI is InChI=1S/C11H13F3N4O2.C7H5ClF3N3O.C4H9NO/c12-11(13,14)7-5-8(18-1-3-20-4-2-18)9(16-6-7)10(19)17-15;8-4-1-3(7(9,10)11)2-13-5(4)6(15)14-12;1-3-6-4-2-5-1/h5-6H,1-4,15H2,(H,17,19);1-2H,12H2,(H,14,15);5H,1-4H2. The average molecular weight is 617 g/mol. The Kier molecular flexibility index (Phi) is 12.9. The fourth-order valence-corrected chi connectivity index (χ4v) is 3.49. The van der Waals surface area contributed by atoms with Crippen molar-refractivity contribution in [2.24, 2.45) is 11.7 Å². The molecule has 2 aromatic rings. The topological polar surface area (TPSA) is 170 Å². The highest BCUT2D eigenvalue weighted by molar-refractivity contribution is 6.33. The van der Waals surface area contributed by atoms with Crippen LogP contribution in [0.2, 0.25) is 5.02 Å². The van der Waals surface area contributed by atoms with Gasteiger partial charge < -0.3 is 19.7 Å². The van der Waals surface area contributed by atoms with E-state index >= 15 is 0 Å². The highest BCUT2D eigenvalue weighted by atomic mass is 35.5. The lowest BCUT2D eigenvalue weighted by Gasteiger charge is -2.30. The summed E-state index contributed by atoms with van der Waals surface area (Å²) in [6.07, 6.45) is -7.94. The molecule has 0 spiro atoms. The summed E-state index contributed by atoms with van der Waals surface area (Å²) in [4.78, 5) is 31.0. The molecular weight excluding hydrogens is 590 g/mol. The van der Waals surface area contributed by atoms with Gasteiger partial charge in [-0.2, -0.15) is 26.3 Å². The Morgan fingerprint density at radius 1 is 0.829 bits per heavy atom. The van der Waals surface area contributed by atoms with Gasteiger partial charge in [-0.05, 0) is 12.1 Å². The first-order valence-corrected chi connectivity index (χ1v) is 12.1. The molecule has 0 unspecified atom stereocenters. The Labute approximate surface area is 234 Å². The highest BCUT2D eigenvalue weighted by Crippen LogP contribution is 2.33. The Balaban J connectivity index is 0.000000245. The maximum Gasteiger partial charge on any atom is 0.417 e. The van der Waals surface area contributed by atoms with E-state index in [0.29, 0.717) is 44.8 Å². The zero-order valence-corrected chi connectivity index (χ0v) is 22.0. The molecule has 2 fully saturated rings. The number of pyridine rings is 2. The predicted molar refractivity (Wildman–Crippen MR) is 134 cm³/mol. The second-order valence-corrected chi connectivity index (χ2v) is 8.46. The maximum absolute atomic E-state index is 12.7. The third-order valence-electron chi connectivity index (χ3n) is 5.25. The molecule has 2 amide bonds. The molecule has 0 bridgehead atoms. The number of hydrogen-bond acceptors (Lipinski definition) is 10. The predicted octanol–water partition coefficient (Wildman–Crippen LogP) is 1.50. The van der Waals surface area contributed by atoms with E-state index in [2.05, 4.69) is 15.3 Å². The summed E-state index contributed by atoms with van der Waals surface area (Å²) in [5.74, 6) is 8.21. The zero-order chi connectivity index (χ0) is 30.6. The number of nitrogens with zero attached hydrogens (tertiary/aromatic N) is 3. The lowest BCUT2D eigenvalue weighted by molar-refractivity contribution is -0.138. The van der Waals surface area contributed by atoms with Gasteiger partial charge >= 0.3 is 12.4 Å². The van der Waals surface area contributed by atoms with Crippen molar-refractivity contribution in [3.05, 3.63) is 52.1 Å². The largest absolute Gasteiger partial charge is 0.417 e. The second kappa shape index (κ2) is 15.6. The Bertz CT molecular complexity index is 1150. The molecule has 0 aromatic carbocycles. The van der Waals surface area contributed by atoms with Crippen molar-refractivity contribution in [2.45, 2.75) is 12.4 Å². The Morgan fingerprint density at radius 2 is 1.29 bits per heavy atom. The van der Waals surface area contributed by atoms with E-state index in [1.165, 1.54) is 0 Å². The van der Waals surface area contributed by atoms with E-state index in [0.717, 1.165) is 32.4 Å². The monoisotopic (exact) mass is 616 g/mol. The van der Waals surface area contributed by atoms with E-state index in [9.17, 15) is 35.9 Å². The summed E-state index contributed by atoms with van der Waals surface area (Å²) < 4.78 is 84.8. The number of nitrogens with two attached hydrogens (primary N) is 2. The number of rotatable bonds is 3. The first-order chi connectivity index (χ1) is 19.3. The Hall–Kier alpha value is -3.29. The zero-order valence-electron chi connectivity index (χ0n) is 21.2. The number of nitrogen functional groups attached to an aromatic ring is 2. The molecule has 4 heterocycles. The normalized spacial score (nSPS) is 15.5. The van der Waals surface area contributed by atoms with Crippen molar-refractivity contribution < 1.29 is 45.4 Å². The molecule has 0 aliphatic carbocycles. The molecule has 41 heavy (non-hydrogen) atoms. The van der Waals surface area contributed by atoms with Crippen molar-refractivity contribution >= 4 is 29.1 Å². The van der Waals surface area contributed by atoms with Crippen molar-refractivity contribution in [2.75, 3.05) is 57.5 Å². The first kappa shape index (κ1) is 33.9. The molecule has 2 aliphatic rings. The number of nitrogens with one attached hydrogen (secondary N) is 3. The van der Waals surface area contributed by atoms with Gasteiger partial charge in [0.25, 0.3) is 11.8 Å². The lowest BCUT2D eigenvalue weighted by atomic mass is 10.1. The summed E-state index contributed by atoms with van der Waals surface area (Å²) in [7, 11) is 0. The molecule has 19 heteroatoms. The molecule has 2 aliphatic heterocycles. The smallest absolute Gasteiger partial charge is 0.379 e. The van der Waals surface area contributed by atoms with Crippen LogP contribution in [0.5, 0.6) is 0 Å². The van der Waals surface area contributed by atoms with Gasteiger partial charge in [0, 0.05) is 38.6 Å². The fraction of sp³-hybridized carbons (Fsp3) is 0.455. The van der Waals surface area contributed by atoms with Crippen LogP contribution in [0.15, 0.2) is 24.5 Å². The van der Waals surface area contributed by atoms with Crippen LogP contribution in [0.3, 0.4) is 0 Å². The van der Waals surface area contributed by atoms with Crippen LogP contribution < -0.4 is 32.8 Å². The molecule has 7 N–H and O–H groups in total. The van der Waals surface area contributed by atoms with Crippen LogP contribution in [0.25, 0.3) is 0 Å². The summed E-state index contributed by atoms with van der Waals surface area (Å²) >= 11 is 5.43. The second-order valence-electron chi connectivity index (χ2n) is 8.05. The van der Waals surface area contributed by atoms with Gasteiger partial charge in [0.1, 0.15) is 5.69 Å². The van der Waals surface area contributed by atoms with Gasteiger partial charge in [0.15, 0.2) is 5.69 Å². The number of ether oxygens (including phenoxy) is 2. The third kappa shape index (κ3) is 10.6. The number of amides is 2. The van der Waals surface area contributed by atoms with Crippen LogP contribution in [-0.4, -0.2) is 74.4 Å². The van der Waals surface area contributed by atoms with Gasteiger partial charge in [-0.3, -0.25) is 20.4 Å². The number of hydrogen-bond donors (Lipinski definition) is 5. The maximum atomic E-state index is 12.7. The SMILES string of the molecule is C1COCCN1.NNC(=O)c1ncc(C(F)(F)F)cc1Cl.NNC(=O)c1ncc(C(F)(F)F)cc1N1CCOCC1. The molecule has 4 rings (SSSR count). The van der Waals surface area contributed by atoms with E-state index in [-0.39, 0.29) is 17.1 Å². The van der Waals surface area contributed by atoms with E-state index in [1.807, 2.05) is 5.43 Å². The van der Waals surface area contributed by atoms with E-state index in [4.69, 9.17) is 32.8 Å². The number of carbonyl (C=O) groups excluding carboxylic acids is 2. The summed E-state index contributed by atoms with van der Waals surface area (Å²) in [5, 5.41) is 2.75. The van der Waals surface area contributed by atoms with Crippen molar-refractivity contribution in [3.8, 4) is 0 Å². The van der Waals surface area contributed by atoms with Crippen LogP contribution in [-0.2, 0) is 21.8 Å². The van der Waals surface area contributed by atoms with Gasteiger partial charge in [0.2, 0.25) is 0 Å². The number of hydrazine groups is 2. The average Bonchev–Trinajstić information content (AvgIpc) is 2.97. The number of carbonyl (C=O) groups is 2. The lowest BCUT2D eigenvalue weighted by Crippen LogP contribution is -2.39. The molecular formula is C22H27ClF6N8O4. The van der Waals surface area contributed by atoms with Gasteiger partial charge in [0.05, 0.1) is 48.3 Å². The van der Waals surface area contributed by atoms with E-state index in [1.54, 1.807) is 10.3 Å². The molecule has 0 atom stereocenters. The van der Waals surface area contributed by atoms with Crippen molar-refractivity contribution in [3.63, 3.8) is 0 Å². The van der Waals surface area contributed by atoms with Gasteiger partial charge in [-0.25, -0.2) is 21.7 Å². The van der Waals surface area contributed by atoms with Crippen LogP contribution in [0.1, 0.15) is 32.1 Å². The van der Waals surface area contributed by atoms with Crippen LogP contribution in [0.4, 0.5) is 32.0 Å². The van der Waals surface area contributed by atoms with Gasteiger partial charge in [-0.15, -0.1) is 0 Å². The minimum atomic E-state index is -4.55. The molecule has 0 radical (unpaired) electrons. The molecule has 12 nitrogen and oxygen atoms in total. The number of morpholine rings is 2. The van der Waals surface area contributed by atoms with Crippen molar-refractivity contribution in [1.29, 1.82) is 0 Å². The van der Waals surface area contributed by atoms with E-state index < -0.39 is 40.3 Å². The Morgan fingerprint density at radius 3 is 1.71 bits per heavy atom. The summed E-state index contributed by atoms with van der Waals surface area (Å²) in [6.45, 7) is 5.35. The molecule has 228 valence electrons. The number of anilines is 1. The van der Waals surface area contributed by atoms with Crippen LogP contribution >= 0.6 is 11.6 Å². The molecule has 2 saturated heterocycles. The molecule has 0 saturated carbocycles. The minimum absolute atomic E-state index is 0.103. The number of aromatic nitrogens is 2. The van der Waals surface area contributed by atoms with Crippen molar-refractivity contribution in [1.82, 2.24) is 26.1 Å². The van der Waals surface area contributed by atoms with Gasteiger partial charge in [-0.1, -0.05) is 11.6 Å². The summed E-state index contributed by atoms with van der Waals surface area (Å²) in [5.41, 5.74) is 1.27. The molecule has 2 aromatic heterocycles. The highest BCUT2D eigenvalue weighted by Gasteiger charge is 2.34. The summed E-state index contributed by atoms with van der Waals surface area (Å²) in [6, 6.07) is 1.52. The quantitative estimate of drug-likeness (QED) is 0.147. The minimum Gasteiger partial charge on any atom is -0.379 e. The third-order valence-corrected chi connectivity index (χ3v) is 5.54. The fourth-order valence-electron chi connectivity index (χ4n) is 3.24. The first-order valence-electron chi connectivity index (χ1n) is 11.7. The number of alkyl halides is 6. The number of halogens is 7. The van der Waals surface area contributed by atoms with Crippen LogP contribution in [0, 0.1) is 0 Å².